The van der Waals surface area contributed by atoms with E-state index in [1.165, 1.54) is 37.9 Å². The number of anilines is 1. The van der Waals surface area contributed by atoms with Gasteiger partial charge in [-0.1, -0.05) is 29.4 Å². The van der Waals surface area contributed by atoms with Gasteiger partial charge < -0.3 is 4.74 Å². The molecule has 4 rings (SSSR count). The molecule has 0 fully saturated rings. The summed E-state index contributed by atoms with van der Waals surface area (Å²) < 4.78 is 77.2. The second kappa shape index (κ2) is 9.41. The number of nitrogens with zero attached hydrogens (tertiary/aromatic N) is 2. The molecular formula is C23H17ClF3N3O4S2. The maximum atomic E-state index is 15.8. The second-order valence-corrected chi connectivity index (χ2v) is 10.9. The monoisotopic (exact) mass is 555 g/mol. The summed E-state index contributed by atoms with van der Waals surface area (Å²) in [4.78, 5) is 20.3. The molecule has 0 aliphatic carbocycles. The first-order valence-corrected chi connectivity index (χ1v) is 13.3. The van der Waals surface area contributed by atoms with Crippen molar-refractivity contribution in [2.24, 2.45) is 0 Å². The minimum atomic E-state index is -4.92. The lowest BCUT2D eigenvalue weighted by Gasteiger charge is -2.17. The van der Waals surface area contributed by atoms with Crippen molar-refractivity contribution in [3.05, 3.63) is 76.3 Å². The Balaban J connectivity index is 1.90. The fourth-order valence-electron chi connectivity index (χ4n) is 3.53. The average Bonchev–Trinajstić information content (AvgIpc) is 3.04. The van der Waals surface area contributed by atoms with Gasteiger partial charge in [0.25, 0.3) is 10.0 Å². The largest absolute Gasteiger partial charge is 0.477 e. The van der Waals surface area contributed by atoms with E-state index >= 15 is 4.39 Å². The van der Waals surface area contributed by atoms with Crippen molar-refractivity contribution in [2.75, 3.05) is 11.0 Å². The molecule has 2 heterocycles. The van der Waals surface area contributed by atoms with Gasteiger partial charge in [0, 0.05) is 16.8 Å². The molecule has 1 aliphatic rings. The van der Waals surface area contributed by atoms with Crippen molar-refractivity contribution in [3.8, 4) is 0 Å². The fourth-order valence-corrected chi connectivity index (χ4v) is 5.29. The van der Waals surface area contributed by atoms with Gasteiger partial charge in [-0.15, -0.1) is 0 Å². The summed E-state index contributed by atoms with van der Waals surface area (Å²) in [6, 6.07) is 5.98. The third-order valence-electron chi connectivity index (χ3n) is 5.15. The number of ether oxygens (including phenoxy) is 1. The molecule has 3 aromatic rings. The van der Waals surface area contributed by atoms with Crippen LogP contribution >= 0.6 is 23.4 Å². The number of carbonyl (C=O) groups is 1. The number of nitrogens with one attached hydrogen (secondary N) is 1. The Morgan fingerprint density at radius 1 is 1.11 bits per heavy atom. The number of thioether (sulfide) groups is 1. The number of hydrogen-bond donors (Lipinski definition) is 1. The van der Waals surface area contributed by atoms with Gasteiger partial charge in [0.05, 0.1) is 11.3 Å². The summed E-state index contributed by atoms with van der Waals surface area (Å²) in [6.07, 6.45) is 3.18. The van der Waals surface area contributed by atoms with E-state index in [9.17, 15) is 22.0 Å². The molecule has 0 bridgehead atoms. The number of ketones is 1. The molecular weight excluding hydrogens is 539 g/mol. The van der Waals surface area contributed by atoms with Crippen LogP contribution in [-0.2, 0) is 19.6 Å². The molecule has 0 amide bonds. The Labute approximate surface area is 213 Å². The van der Waals surface area contributed by atoms with Crippen molar-refractivity contribution in [2.45, 2.75) is 29.5 Å². The third-order valence-corrected chi connectivity index (χ3v) is 7.34. The SMILES string of the molecule is CSc1nccc(C2=C(c3cc(Cl)cc(NS(=O)(=O)c4c(F)cccc4F)c3F)C(=O)C(C)(C)O2)n1. The van der Waals surface area contributed by atoms with Gasteiger partial charge in [-0.3, -0.25) is 9.52 Å². The molecule has 0 saturated heterocycles. The van der Waals surface area contributed by atoms with Crippen LogP contribution in [0.4, 0.5) is 18.9 Å². The summed E-state index contributed by atoms with van der Waals surface area (Å²) in [5.41, 5.74) is -2.55. The van der Waals surface area contributed by atoms with Crippen LogP contribution in [0.3, 0.4) is 0 Å². The third kappa shape index (κ3) is 4.67. The molecule has 1 aromatic heterocycles. The van der Waals surface area contributed by atoms with E-state index in [4.69, 9.17) is 16.3 Å². The van der Waals surface area contributed by atoms with E-state index in [1.807, 2.05) is 4.72 Å². The van der Waals surface area contributed by atoms with E-state index in [0.29, 0.717) is 5.16 Å². The molecule has 0 saturated carbocycles. The second-order valence-electron chi connectivity index (χ2n) is 8.05. The summed E-state index contributed by atoms with van der Waals surface area (Å²) >= 11 is 7.38. The first-order valence-electron chi connectivity index (χ1n) is 10.2. The van der Waals surface area contributed by atoms with Crippen molar-refractivity contribution in [1.82, 2.24) is 9.97 Å². The van der Waals surface area contributed by atoms with Gasteiger partial charge in [-0.2, -0.15) is 0 Å². The zero-order valence-electron chi connectivity index (χ0n) is 18.9. The first kappa shape index (κ1) is 26.0. The van der Waals surface area contributed by atoms with Crippen LogP contribution in [0.25, 0.3) is 11.3 Å². The minimum absolute atomic E-state index is 0.0576. The van der Waals surface area contributed by atoms with E-state index in [2.05, 4.69) is 9.97 Å². The maximum Gasteiger partial charge on any atom is 0.267 e. The van der Waals surface area contributed by atoms with Crippen molar-refractivity contribution in [1.29, 1.82) is 0 Å². The van der Waals surface area contributed by atoms with Crippen LogP contribution in [0.15, 0.2) is 52.6 Å². The maximum absolute atomic E-state index is 15.8. The predicted molar refractivity (Wildman–Crippen MR) is 129 cm³/mol. The number of halogens is 4. The molecule has 2 aromatic carbocycles. The highest BCUT2D eigenvalue weighted by molar-refractivity contribution is 7.98. The standard InChI is InChI=1S/C23H17ClF3N3O4S2/c1-23(2)21(31)17(19(34-23)15-7-8-28-22(29-15)35-3)12-9-11(24)10-16(18(12)27)30-36(32,33)20-13(25)5-4-6-14(20)26/h4-10,30H,1-3H3. The smallest absolute Gasteiger partial charge is 0.267 e. The number of carbonyl (C=O) groups excluding carboxylic acids is 1. The normalized spacial score (nSPS) is 15.2. The zero-order chi connectivity index (χ0) is 26.4. The number of sulfonamides is 1. The van der Waals surface area contributed by atoms with Gasteiger partial charge in [-0.25, -0.2) is 31.6 Å². The van der Waals surface area contributed by atoms with Crippen molar-refractivity contribution >= 4 is 56.2 Å². The van der Waals surface area contributed by atoms with E-state index in [-0.39, 0.29) is 27.6 Å². The molecule has 36 heavy (non-hydrogen) atoms. The number of benzene rings is 2. The summed E-state index contributed by atoms with van der Waals surface area (Å²) in [6.45, 7) is 2.96. The van der Waals surface area contributed by atoms with Crippen LogP contribution in [0.5, 0.6) is 0 Å². The number of hydrogen-bond acceptors (Lipinski definition) is 7. The topological polar surface area (TPSA) is 98.2 Å². The Hall–Kier alpha value is -3.09. The molecule has 0 spiro atoms. The summed E-state index contributed by atoms with van der Waals surface area (Å²) in [5.74, 6) is -4.62. The molecule has 188 valence electrons. The highest BCUT2D eigenvalue weighted by atomic mass is 35.5. The molecule has 1 aliphatic heterocycles. The lowest BCUT2D eigenvalue weighted by molar-refractivity contribution is -0.125. The van der Waals surface area contributed by atoms with Crippen LogP contribution in [0, 0.1) is 17.5 Å². The van der Waals surface area contributed by atoms with Crippen LogP contribution in [-0.4, -0.2) is 36.0 Å². The number of Topliss-reactive ketones (excluding diaryl/α,β-unsaturated/α-hetero) is 1. The Kier molecular flexibility index (Phi) is 6.80. The van der Waals surface area contributed by atoms with Crippen molar-refractivity contribution in [3.63, 3.8) is 0 Å². The molecule has 0 radical (unpaired) electrons. The highest BCUT2D eigenvalue weighted by Gasteiger charge is 2.44. The summed E-state index contributed by atoms with van der Waals surface area (Å²) in [7, 11) is -4.92. The lowest BCUT2D eigenvalue weighted by atomic mass is 9.92. The molecule has 13 heteroatoms. The Bertz CT molecular complexity index is 1530. The Morgan fingerprint density at radius 3 is 2.42 bits per heavy atom. The average molecular weight is 556 g/mol. The van der Waals surface area contributed by atoms with Gasteiger partial charge in [0.1, 0.15) is 17.3 Å². The highest BCUT2D eigenvalue weighted by Crippen LogP contribution is 2.43. The van der Waals surface area contributed by atoms with Gasteiger partial charge in [0.15, 0.2) is 27.2 Å². The van der Waals surface area contributed by atoms with Crippen molar-refractivity contribution < 1.29 is 31.1 Å². The zero-order valence-corrected chi connectivity index (χ0v) is 21.3. The minimum Gasteiger partial charge on any atom is -0.477 e. The number of rotatable bonds is 6. The van der Waals surface area contributed by atoms with Crippen LogP contribution in [0.1, 0.15) is 25.1 Å². The predicted octanol–water partition coefficient (Wildman–Crippen LogP) is 5.32. The quantitative estimate of drug-likeness (QED) is 0.325. The number of aromatic nitrogens is 2. The van der Waals surface area contributed by atoms with Gasteiger partial charge >= 0.3 is 0 Å². The van der Waals surface area contributed by atoms with Gasteiger partial charge in [0.2, 0.25) is 5.78 Å². The lowest BCUT2D eigenvalue weighted by Crippen LogP contribution is -2.29. The van der Waals surface area contributed by atoms with Crippen LogP contribution < -0.4 is 4.72 Å². The first-order chi connectivity index (χ1) is 16.9. The fraction of sp³-hybridized carbons (Fsp3) is 0.174. The van der Waals surface area contributed by atoms with E-state index in [1.54, 1.807) is 6.26 Å². The molecule has 1 N–H and O–H groups in total. The van der Waals surface area contributed by atoms with Crippen LogP contribution in [0.2, 0.25) is 5.02 Å². The van der Waals surface area contributed by atoms with Gasteiger partial charge in [-0.05, 0) is 50.4 Å². The molecule has 0 unspecified atom stereocenters. The summed E-state index contributed by atoms with van der Waals surface area (Å²) in [5, 5.41) is 0.210. The van der Waals surface area contributed by atoms with E-state index < -0.39 is 49.4 Å². The van der Waals surface area contributed by atoms with E-state index in [0.717, 1.165) is 30.3 Å². The molecule has 7 nitrogen and oxygen atoms in total. The molecule has 0 atom stereocenters. The Morgan fingerprint density at radius 2 is 1.78 bits per heavy atom.